The summed E-state index contributed by atoms with van der Waals surface area (Å²) in [6.45, 7) is 8.87. The second-order valence-corrected chi connectivity index (χ2v) is 14.3. The van der Waals surface area contributed by atoms with Gasteiger partial charge in [-0.15, -0.1) is 0 Å². The molecule has 2 aromatic carbocycles. The molecule has 3 aromatic heterocycles. The molecule has 44 heavy (non-hydrogen) atoms. The highest BCUT2D eigenvalue weighted by Crippen LogP contribution is 2.34. The number of ether oxygens (including phenoxy) is 1. The van der Waals surface area contributed by atoms with Crippen molar-refractivity contribution in [3.63, 3.8) is 0 Å². The molecule has 0 N–H and O–H groups in total. The number of fused-ring (bicyclic) bond motifs is 2. The number of aryl methyl sites for hydroxylation is 2. The van der Waals surface area contributed by atoms with Crippen molar-refractivity contribution in [2.24, 2.45) is 5.92 Å². The van der Waals surface area contributed by atoms with Crippen molar-refractivity contribution in [2.45, 2.75) is 64.0 Å². The Kier molecular flexibility index (Phi) is 7.79. The lowest BCUT2D eigenvalue weighted by Crippen LogP contribution is -2.38. The van der Waals surface area contributed by atoms with Gasteiger partial charge in [-0.2, -0.15) is 4.31 Å². The van der Waals surface area contributed by atoms with Gasteiger partial charge in [0.25, 0.3) is 0 Å². The van der Waals surface area contributed by atoms with Crippen LogP contribution in [-0.4, -0.2) is 56.6 Å². The molecule has 0 atom stereocenters. The van der Waals surface area contributed by atoms with Gasteiger partial charge in [-0.05, 0) is 88.3 Å². The Balaban J connectivity index is 1.25. The van der Waals surface area contributed by atoms with Crippen molar-refractivity contribution >= 4 is 38.1 Å². The summed E-state index contributed by atoms with van der Waals surface area (Å²) in [6, 6.07) is 13.2. The van der Waals surface area contributed by atoms with E-state index in [1.807, 2.05) is 13.0 Å². The van der Waals surface area contributed by atoms with Crippen LogP contribution < -0.4 is 0 Å². The molecule has 1 aliphatic heterocycles. The lowest BCUT2D eigenvalue weighted by atomic mass is 9.94. The quantitative estimate of drug-likeness (QED) is 0.208. The smallest absolute Gasteiger partial charge is 0.419 e. The third-order valence-electron chi connectivity index (χ3n) is 8.23. The number of rotatable bonds is 6. The zero-order valence-corrected chi connectivity index (χ0v) is 26.1. The number of imidazole rings is 1. The van der Waals surface area contributed by atoms with Gasteiger partial charge in [0, 0.05) is 37.4 Å². The molecule has 9 nitrogen and oxygen atoms in total. The molecule has 0 aliphatic carbocycles. The molecular formula is C33H36FN5O4S. The Morgan fingerprint density at radius 2 is 1.73 bits per heavy atom. The van der Waals surface area contributed by atoms with E-state index in [2.05, 4.69) is 14.5 Å². The van der Waals surface area contributed by atoms with E-state index in [1.54, 1.807) is 63.5 Å². The molecule has 0 radical (unpaired) electrons. The van der Waals surface area contributed by atoms with E-state index in [4.69, 9.17) is 4.74 Å². The molecule has 11 heteroatoms. The van der Waals surface area contributed by atoms with E-state index < -0.39 is 21.7 Å². The highest BCUT2D eigenvalue weighted by molar-refractivity contribution is 7.89. The first-order chi connectivity index (χ1) is 20.9. The number of pyridine rings is 1. The summed E-state index contributed by atoms with van der Waals surface area (Å²) in [7, 11) is -3.91. The number of carbonyl (C=O) groups excluding carboxylic acids is 1. The van der Waals surface area contributed by atoms with E-state index in [0.717, 1.165) is 53.8 Å². The van der Waals surface area contributed by atoms with Gasteiger partial charge in [0.1, 0.15) is 27.7 Å². The van der Waals surface area contributed by atoms with Crippen molar-refractivity contribution in [1.82, 2.24) is 23.4 Å². The fourth-order valence-electron chi connectivity index (χ4n) is 5.96. The maximum absolute atomic E-state index is 14.1. The average Bonchev–Trinajstić information content (AvgIpc) is 3.53. The van der Waals surface area contributed by atoms with Crippen LogP contribution in [0.15, 0.2) is 72.0 Å². The van der Waals surface area contributed by atoms with E-state index in [1.165, 1.54) is 27.2 Å². The Hall–Kier alpha value is -4.09. The van der Waals surface area contributed by atoms with E-state index in [-0.39, 0.29) is 10.7 Å². The van der Waals surface area contributed by atoms with E-state index in [0.29, 0.717) is 29.9 Å². The summed E-state index contributed by atoms with van der Waals surface area (Å²) in [5.74, 6) is 0.963. The number of benzene rings is 2. The minimum Gasteiger partial charge on any atom is -0.443 e. The molecule has 6 rings (SSSR count). The maximum atomic E-state index is 14.1. The van der Waals surface area contributed by atoms with E-state index >= 15 is 0 Å². The number of nitrogens with zero attached hydrogens (tertiary/aromatic N) is 5. The summed E-state index contributed by atoms with van der Waals surface area (Å²) in [6.07, 6.45) is 6.65. The summed E-state index contributed by atoms with van der Waals surface area (Å²) < 4.78 is 52.3. The lowest BCUT2D eigenvalue weighted by Gasteiger charge is -2.31. The normalized spacial score (nSPS) is 15.3. The fraction of sp³-hybridized carbons (Fsp3) is 0.364. The van der Waals surface area contributed by atoms with Crippen molar-refractivity contribution in [3.8, 4) is 11.1 Å². The summed E-state index contributed by atoms with van der Waals surface area (Å²) in [5.41, 5.74) is 3.03. The van der Waals surface area contributed by atoms with Gasteiger partial charge >= 0.3 is 6.09 Å². The Morgan fingerprint density at radius 3 is 2.43 bits per heavy atom. The Morgan fingerprint density at radius 1 is 1.02 bits per heavy atom. The zero-order chi connectivity index (χ0) is 31.2. The first-order valence-electron chi connectivity index (χ1n) is 14.8. The summed E-state index contributed by atoms with van der Waals surface area (Å²) in [5, 5.41) is 0.431. The van der Waals surface area contributed by atoms with Crippen molar-refractivity contribution < 1.29 is 22.3 Å². The first-order valence-corrected chi connectivity index (χ1v) is 16.3. The topological polar surface area (TPSA) is 99.3 Å². The second kappa shape index (κ2) is 11.4. The molecule has 0 bridgehead atoms. The van der Waals surface area contributed by atoms with Crippen LogP contribution in [0.2, 0.25) is 0 Å². The summed E-state index contributed by atoms with van der Waals surface area (Å²) in [4.78, 5) is 22.1. The first kappa shape index (κ1) is 30.0. The van der Waals surface area contributed by atoms with Crippen molar-refractivity contribution in [3.05, 3.63) is 78.8 Å². The molecular weight excluding hydrogens is 581 g/mol. The van der Waals surface area contributed by atoms with Crippen molar-refractivity contribution in [2.75, 3.05) is 13.1 Å². The minimum atomic E-state index is -3.91. The van der Waals surface area contributed by atoms with Crippen LogP contribution in [-0.2, 0) is 21.3 Å². The van der Waals surface area contributed by atoms with Crippen molar-refractivity contribution in [1.29, 1.82) is 0 Å². The average molecular weight is 618 g/mol. The van der Waals surface area contributed by atoms with Crippen LogP contribution in [0.5, 0.6) is 0 Å². The Bertz CT molecular complexity index is 1950. The Labute approximate surface area is 256 Å². The number of aromatic nitrogens is 4. The van der Waals surface area contributed by atoms with Crippen LogP contribution in [0.25, 0.3) is 33.1 Å². The number of hydrogen-bond acceptors (Lipinski definition) is 6. The molecule has 1 fully saturated rings. The predicted octanol–water partition coefficient (Wildman–Crippen LogP) is 6.77. The highest BCUT2D eigenvalue weighted by Gasteiger charge is 2.33. The SMILES string of the molecule is Cc1nc2cnccc2n1CCC1CCN(S(=O)(=O)c2cn(C(=O)OC(C)(C)C)c3cc(-c4ccc(F)cc4)ccc23)CC1. The van der Waals surface area contributed by atoms with Crippen LogP contribution in [0.4, 0.5) is 9.18 Å². The molecule has 0 unspecified atom stereocenters. The third-order valence-corrected chi connectivity index (χ3v) is 10.2. The molecule has 1 saturated heterocycles. The predicted molar refractivity (Wildman–Crippen MR) is 167 cm³/mol. The number of hydrogen-bond donors (Lipinski definition) is 0. The molecule has 1 aliphatic rings. The van der Waals surface area contributed by atoms with Gasteiger partial charge in [0.15, 0.2) is 0 Å². The van der Waals surface area contributed by atoms with Crippen LogP contribution in [0, 0.1) is 18.7 Å². The monoisotopic (exact) mass is 617 g/mol. The molecule has 0 amide bonds. The number of carbonyl (C=O) groups is 1. The maximum Gasteiger partial charge on any atom is 0.419 e. The largest absolute Gasteiger partial charge is 0.443 e. The van der Waals surface area contributed by atoms with Gasteiger partial charge in [0.05, 0.1) is 17.2 Å². The van der Waals surface area contributed by atoms with Gasteiger partial charge in [0.2, 0.25) is 10.0 Å². The van der Waals surface area contributed by atoms with Crippen LogP contribution in [0.1, 0.15) is 45.9 Å². The number of piperidine rings is 1. The van der Waals surface area contributed by atoms with Gasteiger partial charge in [-0.1, -0.05) is 24.3 Å². The van der Waals surface area contributed by atoms with Gasteiger partial charge in [-0.25, -0.2) is 22.6 Å². The number of halogens is 1. The molecule has 4 heterocycles. The standard InChI is InChI=1S/C33H36FN5O4S/c1-22-36-28-20-35-15-11-29(28)38(22)18-14-23-12-16-37(17-13-23)44(41,42)31-21-39(32(40)43-33(2,3)4)30-19-25(7-10-27(30)31)24-5-8-26(34)9-6-24/h5-11,15,19-21,23H,12-14,16-18H2,1-4H3. The highest BCUT2D eigenvalue weighted by atomic mass is 32.2. The third kappa shape index (κ3) is 5.86. The molecule has 5 aromatic rings. The molecule has 0 saturated carbocycles. The zero-order valence-electron chi connectivity index (χ0n) is 25.3. The van der Waals surface area contributed by atoms with Gasteiger partial charge in [-0.3, -0.25) is 9.55 Å². The fourth-order valence-corrected chi connectivity index (χ4v) is 7.62. The lowest BCUT2D eigenvalue weighted by molar-refractivity contribution is 0.0544. The molecule has 0 spiro atoms. The number of sulfonamides is 1. The van der Waals surface area contributed by atoms with Crippen LogP contribution >= 0.6 is 0 Å². The molecule has 230 valence electrons. The van der Waals surface area contributed by atoms with Gasteiger partial charge < -0.3 is 9.30 Å². The second-order valence-electron chi connectivity index (χ2n) is 12.4. The van der Waals surface area contributed by atoms with E-state index in [9.17, 15) is 17.6 Å². The minimum absolute atomic E-state index is 0.0663. The summed E-state index contributed by atoms with van der Waals surface area (Å²) >= 11 is 0. The van der Waals surface area contributed by atoms with Crippen LogP contribution in [0.3, 0.4) is 0 Å².